The standard InChI is InChI=1S/C31H30ClN3O6S/c1-2-40-26-17-22(16-25(32)29(26)41-20-21-6-4-3-5-7-21)18-27-30(37)35(31(38)42-27)19-28(36)33-23-8-10-24(11-9-23)34-12-14-39-15-13-34/h3-11,16-18H,2,12-15,19-20H2,1H3,(H,33,36)/b27-18-. The molecule has 3 aromatic carbocycles. The zero-order chi connectivity index (χ0) is 29.5. The number of morpholine rings is 1. The van der Waals surface area contributed by atoms with Gasteiger partial charge in [0, 0.05) is 24.5 Å². The van der Waals surface area contributed by atoms with Gasteiger partial charge in [-0.25, -0.2) is 0 Å². The second-order valence-electron chi connectivity index (χ2n) is 9.50. The first-order valence-electron chi connectivity index (χ1n) is 13.5. The van der Waals surface area contributed by atoms with Gasteiger partial charge >= 0.3 is 0 Å². The molecule has 1 N–H and O–H groups in total. The van der Waals surface area contributed by atoms with Crippen LogP contribution >= 0.6 is 23.4 Å². The molecular weight excluding hydrogens is 578 g/mol. The summed E-state index contributed by atoms with van der Waals surface area (Å²) in [4.78, 5) is 41.8. The summed E-state index contributed by atoms with van der Waals surface area (Å²) in [5.41, 5.74) is 3.15. The Bertz CT molecular complexity index is 1480. The molecule has 0 saturated carbocycles. The van der Waals surface area contributed by atoms with E-state index in [-0.39, 0.29) is 4.91 Å². The molecule has 9 nitrogen and oxygen atoms in total. The fourth-order valence-electron chi connectivity index (χ4n) is 4.51. The van der Waals surface area contributed by atoms with E-state index < -0.39 is 23.6 Å². The Labute approximate surface area is 253 Å². The van der Waals surface area contributed by atoms with Crippen LogP contribution in [0.1, 0.15) is 18.1 Å². The van der Waals surface area contributed by atoms with E-state index in [1.54, 1.807) is 30.3 Å². The fourth-order valence-corrected chi connectivity index (χ4v) is 5.62. The van der Waals surface area contributed by atoms with Crippen LogP contribution in [0, 0.1) is 0 Å². The highest BCUT2D eigenvalue weighted by molar-refractivity contribution is 8.18. The zero-order valence-corrected chi connectivity index (χ0v) is 24.6. The first-order chi connectivity index (χ1) is 20.4. The third-order valence-electron chi connectivity index (χ3n) is 6.56. The van der Waals surface area contributed by atoms with Crippen molar-refractivity contribution in [3.8, 4) is 11.5 Å². The van der Waals surface area contributed by atoms with Gasteiger partial charge in [0.15, 0.2) is 11.5 Å². The molecular formula is C31H30ClN3O6S. The van der Waals surface area contributed by atoms with Crippen molar-refractivity contribution in [2.24, 2.45) is 0 Å². The number of carbonyl (C=O) groups is 3. The molecule has 218 valence electrons. The molecule has 2 aliphatic rings. The maximum absolute atomic E-state index is 13.1. The van der Waals surface area contributed by atoms with Crippen LogP contribution in [0.4, 0.5) is 16.2 Å². The topological polar surface area (TPSA) is 97.4 Å². The van der Waals surface area contributed by atoms with Crippen molar-refractivity contribution in [1.82, 2.24) is 4.90 Å². The number of amides is 3. The number of anilines is 2. The van der Waals surface area contributed by atoms with Gasteiger partial charge in [-0.2, -0.15) is 0 Å². The summed E-state index contributed by atoms with van der Waals surface area (Å²) in [7, 11) is 0. The average Bonchev–Trinajstić information content (AvgIpc) is 3.25. The number of thioether (sulfide) groups is 1. The fraction of sp³-hybridized carbons (Fsp3) is 0.258. The molecule has 0 atom stereocenters. The molecule has 0 unspecified atom stereocenters. The van der Waals surface area contributed by atoms with E-state index >= 15 is 0 Å². The summed E-state index contributed by atoms with van der Waals surface area (Å²) < 4.78 is 17.1. The van der Waals surface area contributed by atoms with Gasteiger partial charge in [0.1, 0.15) is 13.2 Å². The Balaban J connectivity index is 1.23. The van der Waals surface area contributed by atoms with E-state index in [9.17, 15) is 14.4 Å². The van der Waals surface area contributed by atoms with Gasteiger partial charge in [-0.3, -0.25) is 19.3 Å². The van der Waals surface area contributed by atoms with Crippen molar-refractivity contribution in [3.63, 3.8) is 0 Å². The lowest BCUT2D eigenvalue weighted by Gasteiger charge is -2.28. The molecule has 2 fully saturated rings. The number of imide groups is 1. The van der Waals surface area contributed by atoms with E-state index in [1.165, 1.54) is 0 Å². The van der Waals surface area contributed by atoms with Gasteiger partial charge in [-0.05, 0) is 72.3 Å². The van der Waals surface area contributed by atoms with Crippen molar-refractivity contribution >= 4 is 57.9 Å². The second kappa shape index (κ2) is 13.8. The molecule has 0 radical (unpaired) electrons. The predicted molar refractivity (Wildman–Crippen MR) is 164 cm³/mol. The summed E-state index contributed by atoms with van der Waals surface area (Å²) in [5, 5.41) is 2.54. The Hall–Kier alpha value is -3.99. The molecule has 0 aromatic heterocycles. The number of ether oxygens (including phenoxy) is 3. The van der Waals surface area contributed by atoms with E-state index in [0.717, 1.165) is 41.0 Å². The lowest BCUT2D eigenvalue weighted by molar-refractivity contribution is -0.127. The van der Waals surface area contributed by atoms with Crippen LogP contribution in [-0.4, -0.2) is 61.4 Å². The minimum Gasteiger partial charge on any atom is -0.490 e. The van der Waals surface area contributed by atoms with E-state index in [2.05, 4.69) is 10.2 Å². The molecule has 3 amide bonds. The molecule has 2 heterocycles. The van der Waals surface area contributed by atoms with E-state index in [4.69, 9.17) is 25.8 Å². The zero-order valence-electron chi connectivity index (χ0n) is 23.0. The number of rotatable bonds is 10. The van der Waals surface area contributed by atoms with Gasteiger partial charge in [0.2, 0.25) is 5.91 Å². The van der Waals surface area contributed by atoms with E-state index in [0.29, 0.717) is 54.2 Å². The minimum absolute atomic E-state index is 0.180. The molecule has 2 aliphatic heterocycles. The number of nitrogens with one attached hydrogen (secondary N) is 1. The van der Waals surface area contributed by atoms with Crippen LogP contribution in [0.3, 0.4) is 0 Å². The largest absolute Gasteiger partial charge is 0.490 e. The van der Waals surface area contributed by atoms with E-state index in [1.807, 2.05) is 49.4 Å². The molecule has 2 saturated heterocycles. The van der Waals surface area contributed by atoms with Crippen molar-refractivity contribution in [2.75, 3.05) is 49.7 Å². The van der Waals surface area contributed by atoms with Crippen LogP contribution in [0.5, 0.6) is 11.5 Å². The maximum Gasteiger partial charge on any atom is 0.294 e. The van der Waals surface area contributed by atoms with Crippen LogP contribution < -0.4 is 19.7 Å². The second-order valence-corrected chi connectivity index (χ2v) is 10.9. The highest BCUT2D eigenvalue weighted by Crippen LogP contribution is 2.39. The Morgan fingerprint density at radius 2 is 1.79 bits per heavy atom. The number of hydrogen-bond donors (Lipinski definition) is 1. The Kier molecular flexibility index (Phi) is 9.68. The van der Waals surface area contributed by atoms with Crippen LogP contribution in [0.2, 0.25) is 5.02 Å². The molecule has 5 rings (SSSR count). The third-order valence-corrected chi connectivity index (χ3v) is 7.75. The van der Waals surface area contributed by atoms with Crippen molar-refractivity contribution < 1.29 is 28.6 Å². The maximum atomic E-state index is 13.1. The van der Waals surface area contributed by atoms with Gasteiger partial charge in [0.25, 0.3) is 11.1 Å². The number of nitrogens with zero attached hydrogens (tertiary/aromatic N) is 2. The lowest BCUT2D eigenvalue weighted by atomic mass is 10.1. The quantitative estimate of drug-likeness (QED) is 0.288. The molecule has 0 aliphatic carbocycles. The van der Waals surface area contributed by atoms with Gasteiger partial charge in [-0.15, -0.1) is 0 Å². The summed E-state index contributed by atoms with van der Waals surface area (Å²) in [6, 6.07) is 20.4. The van der Waals surface area contributed by atoms with Crippen molar-refractivity contribution in [2.45, 2.75) is 13.5 Å². The normalized spacial score (nSPS) is 16.2. The minimum atomic E-state index is -0.554. The SMILES string of the molecule is CCOc1cc(/C=C2\SC(=O)N(CC(=O)Nc3ccc(N4CCOCC4)cc3)C2=O)cc(Cl)c1OCc1ccccc1. The molecule has 3 aromatic rings. The summed E-state index contributed by atoms with van der Waals surface area (Å²) in [5.74, 6) is -0.215. The van der Waals surface area contributed by atoms with Crippen molar-refractivity contribution in [1.29, 1.82) is 0 Å². The Morgan fingerprint density at radius 3 is 2.50 bits per heavy atom. The first kappa shape index (κ1) is 29.5. The number of hydrogen-bond acceptors (Lipinski definition) is 8. The van der Waals surface area contributed by atoms with Crippen LogP contribution in [0.25, 0.3) is 6.08 Å². The summed E-state index contributed by atoms with van der Waals surface area (Å²) >= 11 is 7.32. The van der Waals surface area contributed by atoms with Crippen LogP contribution in [-0.2, 0) is 20.9 Å². The van der Waals surface area contributed by atoms with Crippen LogP contribution in [0.15, 0.2) is 71.6 Å². The molecule has 11 heteroatoms. The summed E-state index contributed by atoms with van der Waals surface area (Å²) in [6.45, 7) is 5.11. The van der Waals surface area contributed by atoms with Gasteiger partial charge in [0.05, 0.1) is 29.7 Å². The predicted octanol–water partition coefficient (Wildman–Crippen LogP) is 5.83. The average molecular weight is 608 g/mol. The number of halogens is 1. The van der Waals surface area contributed by atoms with Gasteiger partial charge < -0.3 is 24.4 Å². The highest BCUT2D eigenvalue weighted by Gasteiger charge is 2.36. The molecule has 0 bridgehead atoms. The Morgan fingerprint density at radius 1 is 1.05 bits per heavy atom. The highest BCUT2D eigenvalue weighted by atomic mass is 35.5. The smallest absolute Gasteiger partial charge is 0.294 e. The molecule has 42 heavy (non-hydrogen) atoms. The monoisotopic (exact) mass is 607 g/mol. The third kappa shape index (κ3) is 7.25. The number of benzene rings is 3. The van der Waals surface area contributed by atoms with Gasteiger partial charge in [-0.1, -0.05) is 41.9 Å². The summed E-state index contributed by atoms with van der Waals surface area (Å²) in [6.07, 6.45) is 1.56. The lowest BCUT2D eigenvalue weighted by Crippen LogP contribution is -2.36. The molecule has 0 spiro atoms. The van der Waals surface area contributed by atoms with Crippen molar-refractivity contribution in [3.05, 3.63) is 87.8 Å². The first-order valence-corrected chi connectivity index (χ1v) is 14.7. The number of carbonyl (C=O) groups excluding carboxylic acids is 3.